The molecule has 0 aromatic heterocycles. The molecule has 1 aliphatic heterocycles. The minimum absolute atomic E-state index is 0.151. The van der Waals surface area contributed by atoms with Crippen molar-refractivity contribution in [1.29, 1.82) is 0 Å². The van der Waals surface area contributed by atoms with E-state index in [2.05, 4.69) is 17.1 Å². The summed E-state index contributed by atoms with van der Waals surface area (Å²) in [7, 11) is 0. The van der Waals surface area contributed by atoms with Crippen molar-refractivity contribution >= 4 is 11.6 Å². The van der Waals surface area contributed by atoms with Gasteiger partial charge in [-0.2, -0.15) is 0 Å². The molecule has 2 rings (SSSR count). The third-order valence-corrected chi connectivity index (χ3v) is 4.75. The van der Waals surface area contributed by atoms with Gasteiger partial charge in [-0.05, 0) is 71.3 Å². The summed E-state index contributed by atoms with van der Waals surface area (Å²) >= 11 is 0. The highest BCUT2D eigenvalue weighted by Gasteiger charge is 2.27. The Hall–Kier alpha value is -1.59. The molecule has 1 N–H and O–H groups in total. The van der Waals surface area contributed by atoms with Gasteiger partial charge in [-0.3, -0.25) is 9.69 Å². The van der Waals surface area contributed by atoms with E-state index in [1.807, 2.05) is 31.2 Å². The Morgan fingerprint density at radius 2 is 2.00 bits per heavy atom. The molecule has 25 heavy (non-hydrogen) atoms. The average molecular weight is 348 g/mol. The quantitative estimate of drug-likeness (QED) is 0.778. The molecule has 1 heterocycles. The van der Waals surface area contributed by atoms with Crippen LogP contribution in [-0.2, 0) is 9.53 Å². The minimum Gasteiger partial charge on any atom is -0.492 e. The van der Waals surface area contributed by atoms with Crippen molar-refractivity contribution < 1.29 is 14.3 Å². The van der Waals surface area contributed by atoms with E-state index in [1.54, 1.807) is 13.8 Å². The standard InChI is InChI=1S/C20H32N2O3/c1-5-25-20(3,4)19(23)21-17-9-11-18(12-10-17)24-15-14-22-13-7-6-8-16(22)2/h9-12,16H,5-8,13-15H2,1-4H3,(H,21,23). The number of carbonyl (C=O) groups is 1. The smallest absolute Gasteiger partial charge is 0.256 e. The van der Waals surface area contributed by atoms with E-state index < -0.39 is 5.60 Å². The number of hydrogen-bond donors (Lipinski definition) is 1. The number of rotatable bonds is 8. The van der Waals surface area contributed by atoms with Crippen molar-refractivity contribution in [3.8, 4) is 5.75 Å². The van der Waals surface area contributed by atoms with Gasteiger partial charge in [0.25, 0.3) is 5.91 Å². The number of hydrogen-bond acceptors (Lipinski definition) is 4. The molecule has 140 valence electrons. The molecule has 1 aromatic carbocycles. The van der Waals surface area contributed by atoms with E-state index in [-0.39, 0.29) is 5.91 Å². The van der Waals surface area contributed by atoms with Crippen LogP contribution in [0.25, 0.3) is 0 Å². The number of nitrogens with one attached hydrogen (secondary N) is 1. The van der Waals surface area contributed by atoms with Crippen molar-refractivity contribution in [2.24, 2.45) is 0 Å². The molecule has 5 heteroatoms. The van der Waals surface area contributed by atoms with Gasteiger partial charge in [0.2, 0.25) is 0 Å². The Morgan fingerprint density at radius 1 is 1.28 bits per heavy atom. The van der Waals surface area contributed by atoms with Crippen molar-refractivity contribution in [3.63, 3.8) is 0 Å². The first-order valence-electron chi connectivity index (χ1n) is 9.34. The summed E-state index contributed by atoms with van der Waals surface area (Å²) < 4.78 is 11.3. The fourth-order valence-corrected chi connectivity index (χ4v) is 3.11. The molecule has 1 unspecified atom stereocenters. The maximum Gasteiger partial charge on any atom is 0.256 e. The van der Waals surface area contributed by atoms with Crippen LogP contribution >= 0.6 is 0 Å². The summed E-state index contributed by atoms with van der Waals surface area (Å²) in [6.07, 6.45) is 3.91. The zero-order valence-electron chi connectivity index (χ0n) is 16.0. The largest absolute Gasteiger partial charge is 0.492 e. The maximum atomic E-state index is 12.2. The predicted octanol–water partition coefficient (Wildman–Crippen LogP) is 3.69. The lowest BCUT2D eigenvalue weighted by molar-refractivity contribution is -0.136. The molecule has 1 saturated heterocycles. The Balaban J connectivity index is 1.78. The zero-order valence-corrected chi connectivity index (χ0v) is 16.0. The number of piperidine rings is 1. The number of amides is 1. The second kappa shape index (κ2) is 9.20. The van der Waals surface area contributed by atoms with Crippen LogP contribution in [0.15, 0.2) is 24.3 Å². The summed E-state index contributed by atoms with van der Waals surface area (Å²) in [4.78, 5) is 14.7. The molecule has 1 atom stereocenters. The number of anilines is 1. The molecule has 0 radical (unpaired) electrons. The van der Waals surface area contributed by atoms with Crippen molar-refractivity contribution in [1.82, 2.24) is 4.90 Å². The first-order valence-corrected chi connectivity index (χ1v) is 9.34. The van der Waals surface area contributed by atoms with Gasteiger partial charge in [-0.15, -0.1) is 0 Å². The fourth-order valence-electron chi connectivity index (χ4n) is 3.11. The Labute approximate surface area is 151 Å². The first-order chi connectivity index (χ1) is 11.9. The monoisotopic (exact) mass is 348 g/mol. The lowest BCUT2D eigenvalue weighted by Gasteiger charge is -2.33. The molecule has 1 aliphatic rings. The molecule has 0 bridgehead atoms. The molecule has 5 nitrogen and oxygen atoms in total. The first kappa shape index (κ1) is 19.7. The summed E-state index contributed by atoms with van der Waals surface area (Å²) in [5.74, 6) is 0.675. The fraction of sp³-hybridized carbons (Fsp3) is 0.650. The molecule has 1 amide bonds. The van der Waals surface area contributed by atoms with Gasteiger partial charge < -0.3 is 14.8 Å². The summed E-state index contributed by atoms with van der Waals surface area (Å²) in [5.41, 5.74) is -0.0931. The van der Waals surface area contributed by atoms with E-state index in [0.29, 0.717) is 19.3 Å². The van der Waals surface area contributed by atoms with E-state index in [0.717, 1.165) is 18.0 Å². The third kappa shape index (κ3) is 6.01. The maximum absolute atomic E-state index is 12.2. The van der Waals surface area contributed by atoms with Gasteiger partial charge in [0.15, 0.2) is 0 Å². The second-order valence-electron chi connectivity index (χ2n) is 7.15. The van der Waals surface area contributed by atoms with Crippen LogP contribution in [0.5, 0.6) is 5.75 Å². The van der Waals surface area contributed by atoms with Gasteiger partial charge in [0.1, 0.15) is 18.0 Å². The van der Waals surface area contributed by atoms with Crippen LogP contribution in [0.3, 0.4) is 0 Å². The highest BCUT2D eigenvalue weighted by atomic mass is 16.5. The van der Waals surface area contributed by atoms with Crippen LogP contribution in [0.4, 0.5) is 5.69 Å². The Kier molecular flexibility index (Phi) is 7.26. The Bertz CT molecular complexity index is 542. The number of nitrogens with zero attached hydrogens (tertiary/aromatic N) is 1. The number of likely N-dealkylation sites (tertiary alicyclic amines) is 1. The summed E-state index contributed by atoms with van der Waals surface area (Å²) in [6, 6.07) is 8.16. The topological polar surface area (TPSA) is 50.8 Å². The predicted molar refractivity (Wildman–Crippen MR) is 101 cm³/mol. The van der Waals surface area contributed by atoms with Crippen molar-refractivity contribution in [3.05, 3.63) is 24.3 Å². The molecule has 0 saturated carbocycles. The van der Waals surface area contributed by atoms with E-state index in [4.69, 9.17) is 9.47 Å². The van der Waals surface area contributed by atoms with Gasteiger partial charge in [0, 0.05) is 24.9 Å². The Morgan fingerprint density at radius 3 is 2.64 bits per heavy atom. The SMILES string of the molecule is CCOC(C)(C)C(=O)Nc1ccc(OCCN2CCCCC2C)cc1. The van der Waals surface area contributed by atoms with E-state index >= 15 is 0 Å². The highest BCUT2D eigenvalue weighted by molar-refractivity contribution is 5.96. The average Bonchev–Trinajstić information content (AvgIpc) is 2.58. The third-order valence-electron chi connectivity index (χ3n) is 4.75. The molecule has 0 spiro atoms. The van der Waals surface area contributed by atoms with Crippen LogP contribution < -0.4 is 10.1 Å². The van der Waals surface area contributed by atoms with Gasteiger partial charge in [-0.25, -0.2) is 0 Å². The van der Waals surface area contributed by atoms with E-state index in [1.165, 1.54) is 25.8 Å². The second-order valence-corrected chi connectivity index (χ2v) is 7.15. The highest BCUT2D eigenvalue weighted by Crippen LogP contribution is 2.19. The van der Waals surface area contributed by atoms with Crippen LogP contribution in [0, 0.1) is 0 Å². The van der Waals surface area contributed by atoms with Gasteiger partial charge in [-0.1, -0.05) is 6.42 Å². The normalized spacial score (nSPS) is 18.8. The molecule has 1 fully saturated rings. The van der Waals surface area contributed by atoms with Crippen LogP contribution in [0.1, 0.15) is 47.0 Å². The zero-order chi connectivity index (χ0) is 18.3. The number of ether oxygens (including phenoxy) is 2. The number of carbonyl (C=O) groups excluding carboxylic acids is 1. The summed E-state index contributed by atoms with van der Waals surface area (Å²) in [5, 5.41) is 2.88. The van der Waals surface area contributed by atoms with E-state index in [9.17, 15) is 4.79 Å². The van der Waals surface area contributed by atoms with Crippen LogP contribution in [0.2, 0.25) is 0 Å². The van der Waals surface area contributed by atoms with Crippen molar-refractivity contribution in [2.75, 3.05) is 31.6 Å². The summed E-state index contributed by atoms with van der Waals surface area (Å²) in [6.45, 7) is 11.0. The molecular formula is C20H32N2O3. The van der Waals surface area contributed by atoms with Gasteiger partial charge >= 0.3 is 0 Å². The molecule has 0 aliphatic carbocycles. The lowest BCUT2D eigenvalue weighted by Crippen LogP contribution is -2.40. The lowest BCUT2D eigenvalue weighted by atomic mass is 10.0. The number of benzene rings is 1. The molecule has 1 aromatic rings. The molecular weight excluding hydrogens is 316 g/mol. The van der Waals surface area contributed by atoms with Crippen LogP contribution in [-0.4, -0.2) is 48.8 Å². The van der Waals surface area contributed by atoms with Crippen molar-refractivity contribution in [2.45, 2.75) is 58.6 Å². The minimum atomic E-state index is -0.838. The van der Waals surface area contributed by atoms with Gasteiger partial charge in [0.05, 0.1) is 0 Å².